The highest BCUT2D eigenvalue weighted by Gasteiger charge is 2.15. The smallest absolute Gasteiger partial charge is 0.303 e. The van der Waals surface area contributed by atoms with E-state index in [4.69, 9.17) is 9.79 Å². The van der Waals surface area contributed by atoms with Crippen molar-refractivity contribution >= 4 is 18.9 Å². The minimum Gasteiger partial charge on any atom is -0.303 e. The predicted octanol–water partition coefficient (Wildman–Crippen LogP) is 0.567. The van der Waals surface area contributed by atoms with Gasteiger partial charge in [0.15, 0.2) is 0 Å². The molecule has 1 aromatic heterocycles. The Balaban J connectivity index is 2.28. The van der Waals surface area contributed by atoms with Gasteiger partial charge in [-0.1, -0.05) is 12.1 Å². The Labute approximate surface area is 84.3 Å². The summed E-state index contributed by atoms with van der Waals surface area (Å²) in [6.45, 7) is -0.200. The average molecular weight is 229 g/mol. The maximum Gasteiger partial charge on any atom is 0.469 e. The number of hydrogen-bond donors (Lipinski definition) is 3. The monoisotopic (exact) mass is 229 g/mol. The Kier molecular flexibility index (Phi) is 2.54. The quantitative estimate of drug-likeness (QED) is 0.664. The van der Waals surface area contributed by atoms with Crippen molar-refractivity contribution in [2.75, 3.05) is 0 Å². The van der Waals surface area contributed by atoms with Gasteiger partial charge in [0.25, 0.3) is 0 Å². The van der Waals surface area contributed by atoms with Crippen LogP contribution in [0.5, 0.6) is 0 Å². The number of H-pyrrole nitrogens is 1. The van der Waals surface area contributed by atoms with E-state index < -0.39 is 7.82 Å². The van der Waals surface area contributed by atoms with E-state index in [1.807, 2.05) is 0 Å². The van der Waals surface area contributed by atoms with Crippen LogP contribution in [0.1, 0.15) is 5.56 Å². The fourth-order valence-corrected chi connectivity index (χ4v) is 1.50. The summed E-state index contributed by atoms with van der Waals surface area (Å²) in [6.07, 6.45) is 0. The molecule has 1 heterocycles. The van der Waals surface area contributed by atoms with Gasteiger partial charge in [0.2, 0.25) is 0 Å². The van der Waals surface area contributed by atoms with Gasteiger partial charge >= 0.3 is 7.82 Å². The number of fused-ring (bicyclic) bond motifs is 1. The highest BCUT2D eigenvalue weighted by molar-refractivity contribution is 7.46. The summed E-state index contributed by atoms with van der Waals surface area (Å²) in [4.78, 5) is 17.1. The molecule has 0 aliphatic heterocycles. The molecule has 7 nitrogen and oxygen atoms in total. The molecule has 3 N–H and O–H groups in total. The third kappa shape index (κ3) is 2.40. The SMILES string of the molecule is O=P(O)(O)OCc1cccc2n[nH]nc12. The number of aromatic nitrogens is 3. The molecule has 0 radical (unpaired) electrons. The summed E-state index contributed by atoms with van der Waals surface area (Å²) in [5.41, 5.74) is 1.75. The van der Waals surface area contributed by atoms with Crippen molar-refractivity contribution in [3.8, 4) is 0 Å². The highest BCUT2D eigenvalue weighted by Crippen LogP contribution is 2.37. The molecule has 15 heavy (non-hydrogen) atoms. The molecule has 0 aliphatic rings. The van der Waals surface area contributed by atoms with Crippen LogP contribution >= 0.6 is 7.82 Å². The maximum atomic E-state index is 10.5. The van der Waals surface area contributed by atoms with Crippen LogP contribution in [0.3, 0.4) is 0 Å². The lowest BCUT2D eigenvalue weighted by Crippen LogP contribution is -1.92. The summed E-state index contributed by atoms with van der Waals surface area (Å²) in [5, 5.41) is 10.1. The third-order valence-electron chi connectivity index (χ3n) is 1.82. The van der Waals surface area contributed by atoms with Crippen molar-refractivity contribution in [1.82, 2.24) is 15.4 Å². The average Bonchev–Trinajstić information content (AvgIpc) is 2.61. The second-order valence-corrected chi connectivity index (χ2v) is 4.11. The van der Waals surface area contributed by atoms with Crippen LogP contribution in [0.15, 0.2) is 18.2 Å². The molecule has 0 saturated carbocycles. The van der Waals surface area contributed by atoms with E-state index in [0.717, 1.165) is 0 Å². The molecule has 80 valence electrons. The lowest BCUT2D eigenvalue weighted by Gasteiger charge is -2.04. The lowest BCUT2D eigenvalue weighted by atomic mass is 10.2. The van der Waals surface area contributed by atoms with Gasteiger partial charge in [0.1, 0.15) is 11.0 Å². The number of nitrogens with zero attached hydrogens (tertiary/aromatic N) is 2. The van der Waals surface area contributed by atoms with Crippen molar-refractivity contribution in [2.45, 2.75) is 6.61 Å². The first-order chi connectivity index (χ1) is 7.06. The van der Waals surface area contributed by atoms with Gasteiger partial charge in [0.05, 0.1) is 6.61 Å². The van der Waals surface area contributed by atoms with Crippen molar-refractivity contribution in [1.29, 1.82) is 0 Å². The first-order valence-electron chi connectivity index (χ1n) is 4.05. The Hall–Kier alpha value is -1.27. The van der Waals surface area contributed by atoms with Crippen molar-refractivity contribution in [2.24, 2.45) is 0 Å². The van der Waals surface area contributed by atoms with Crippen LogP contribution in [0, 0.1) is 0 Å². The van der Waals surface area contributed by atoms with Gasteiger partial charge in [-0.25, -0.2) is 4.57 Å². The molecule has 2 rings (SSSR count). The molecule has 0 saturated heterocycles. The van der Waals surface area contributed by atoms with Crippen LogP contribution in [0.25, 0.3) is 11.0 Å². The van der Waals surface area contributed by atoms with Crippen LogP contribution < -0.4 is 0 Å². The molecule has 0 fully saturated rings. The van der Waals surface area contributed by atoms with E-state index in [-0.39, 0.29) is 6.61 Å². The molecule has 0 atom stereocenters. The van der Waals surface area contributed by atoms with Crippen LogP contribution in [0.4, 0.5) is 0 Å². The van der Waals surface area contributed by atoms with Crippen LogP contribution in [-0.2, 0) is 15.7 Å². The molecular formula is C7H8N3O4P. The number of rotatable bonds is 3. The second kappa shape index (κ2) is 3.71. The number of hydrogen-bond acceptors (Lipinski definition) is 4. The van der Waals surface area contributed by atoms with Crippen molar-refractivity contribution in [3.05, 3.63) is 23.8 Å². The summed E-state index contributed by atoms with van der Waals surface area (Å²) in [7, 11) is -4.45. The molecule has 0 spiro atoms. The zero-order chi connectivity index (χ0) is 10.9. The van der Waals surface area contributed by atoms with E-state index in [2.05, 4.69) is 19.9 Å². The first-order valence-corrected chi connectivity index (χ1v) is 5.58. The Morgan fingerprint density at radius 1 is 1.40 bits per heavy atom. The molecule has 0 aliphatic carbocycles. The maximum absolute atomic E-state index is 10.5. The Morgan fingerprint density at radius 3 is 2.93 bits per heavy atom. The number of phosphoric ester groups is 1. The normalized spacial score (nSPS) is 12.1. The zero-order valence-corrected chi connectivity index (χ0v) is 8.39. The summed E-state index contributed by atoms with van der Waals surface area (Å²) < 4.78 is 14.9. The van der Waals surface area contributed by atoms with Crippen LogP contribution in [0.2, 0.25) is 0 Å². The number of para-hydroxylation sites is 1. The lowest BCUT2D eigenvalue weighted by molar-refractivity contribution is 0.189. The summed E-state index contributed by atoms with van der Waals surface area (Å²) >= 11 is 0. The topological polar surface area (TPSA) is 108 Å². The number of benzene rings is 1. The van der Waals surface area contributed by atoms with Crippen LogP contribution in [-0.4, -0.2) is 25.2 Å². The molecule has 0 bridgehead atoms. The largest absolute Gasteiger partial charge is 0.469 e. The minimum atomic E-state index is -4.45. The molecule has 0 amide bonds. The van der Waals surface area contributed by atoms with E-state index in [1.54, 1.807) is 18.2 Å². The van der Waals surface area contributed by atoms with Gasteiger partial charge in [0, 0.05) is 5.56 Å². The second-order valence-electron chi connectivity index (χ2n) is 2.87. The number of phosphoric acid groups is 1. The first kappa shape index (κ1) is 10.3. The Bertz CT molecular complexity index is 520. The van der Waals surface area contributed by atoms with Crippen molar-refractivity contribution < 1.29 is 18.9 Å². The molecular weight excluding hydrogens is 221 g/mol. The molecule has 1 aromatic carbocycles. The van der Waals surface area contributed by atoms with Gasteiger partial charge in [-0.05, 0) is 6.07 Å². The van der Waals surface area contributed by atoms with Crippen molar-refractivity contribution in [3.63, 3.8) is 0 Å². The number of aromatic amines is 1. The van der Waals surface area contributed by atoms with E-state index in [0.29, 0.717) is 16.6 Å². The zero-order valence-electron chi connectivity index (χ0n) is 7.49. The molecule has 8 heteroatoms. The standard InChI is InChI=1S/C7H8N3O4P/c11-15(12,13)14-4-5-2-1-3-6-7(5)9-10-8-6/h1-3H,4H2,(H,8,9,10)(H2,11,12,13). The molecule has 2 aromatic rings. The van der Waals surface area contributed by atoms with E-state index in [1.165, 1.54) is 0 Å². The van der Waals surface area contributed by atoms with Gasteiger partial charge in [-0.15, -0.1) is 0 Å². The minimum absolute atomic E-state index is 0.200. The predicted molar refractivity (Wildman–Crippen MR) is 50.7 cm³/mol. The third-order valence-corrected chi connectivity index (χ3v) is 2.28. The highest BCUT2D eigenvalue weighted by atomic mass is 31.2. The van der Waals surface area contributed by atoms with Gasteiger partial charge in [-0.2, -0.15) is 15.4 Å². The summed E-state index contributed by atoms with van der Waals surface area (Å²) in [6, 6.07) is 5.11. The fourth-order valence-electron chi connectivity index (χ4n) is 1.20. The van der Waals surface area contributed by atoms with Gasteiger partial charge in [-0.3, -0.25) is 4.52 Å². The van der Waals surface area contributed by atoms with E-state index >= 15 is 0 Å². The Morgan fingerprint density at radius 2 is 2.20 bits per heavy atom. The summed E-state index contributed by atoms with van der Waals surface area (Å²) in [5.74, 6) is 0. The van der Waals surface area contributed by atoms with E-state index in [9.17, 15) is 4.57 Å². The van der Waals surface area contributed by atoms with Gasteiger partial charge < -0.3 is 9.79 Å². The fraction of sp³-hybridized carbons (Fsp3) is 0.143. The number of nitrogens with one attached hydrogen (secondary N) is 1. The molecule has 0 unspecified atom stereocenters.